The van der Waals surface area contributed by atoms with Crippen molar-refractivity contribution >= 4 is 96.5 Å². The van der Waals surface area contributed by atoms with E-state index >= 15 is 9.59 Å². The average molecular weight is 1190 g/mol. The Morgan fingerprint density at radius 2 is 0.473 bits per heavy atom. The van der Waals surface area contributed by atoms with Gasteiger partial charge in [0, 0.05) is 32.4 Å². The summed E-state index contributed by atoms with van der Waals surface area (Å²) in [6.07, 6.45) is 0. The van der Waals surface area contributed by atoms with Gasteiger partial charge in [-0.25, -0.2) is 4.90 Å². The Balaban J connectivity index is 1.19. The number of para-hydroxylation sites is 9. The Morgan fingerprint density at radius 1 is 0.253 bits per heavy atom. The van der Waals surface area contributed by atoms with Crippen LogP contribution in [0.2, 0.25) is 0 Å². The van der Waals surface area contributed by atoms with Gasteiger partial charge in [0.05, 0.1) is 85.1 Å². The summed E-state index contributed by atoms with van der Waals surface area (Å²) in [4.78, 5) is 47.1. The van der Waals surface area contributed by atoms with Gasteiger partial charge in [0.2, 0.25) is 0 Å². The maximum Gasteiger partial charge on any atom is 0.268 e. The van der Waals surface area contributed by atoms with Gasteiger partial charge in [-0.1, -0.05) is 247 Å². The maximum absolute atomic E-state index is 17.9. The van der Waals surface area contributed by atoms with Crippen LogP contribution in [0.3, 0.4) is 0 Å². The summed E-state index contributed by atoms with van der Waals surface area (Å²) in [6.45, 7) is 27.2. The van der Waals surface area contributed by atoms with Gasteiger partial charge in [-0.05, 0) is 128 Å². The summed E-state index contributed by atoms with van der Waals surface area (Å²) in [7, 11) is 0. The van der Waals surface area contributed by atoms with Gasteiger partial charge in [-0.3, -0.25) is 9.59 Å². The van der Waals surface area contributed by atoms with E-state index in [0.717, 1.165) is 118 Å². The zero-order valence-corrected chi connectivity index (χ0v) is 54.1. The molecule has 0 atom stereocenters. The number of carbonyl (C=O) groups excluding carboxylic acids is 2. The van der Waals surface area contributed by atoms with Crippen molar-refractivity contribution in [3.05, 3.63) is 291 Å². The minimum atomic E-state index is -0.428. The van der Waals surface area contributed by atoms with E-state index in [0.29, 0.717) is 33.6 Å². The number of amides is 2. The molecule has 0 saturated heterocycles. The Bertz CT molecular complexity index is 4450. The van der Waals surface area contributed by atoms with E-state index in [2.05, 4.69) is 327 Å². The van der Waals surface area contributed by atoms with Crippen LogP contribution in [0, 0.1) is 0 Å². The third-order valence-electron chi connectivity index (χ3n) is 21.2. The maximum atomic E-state index is 17.9. The highest BCUT2D eigenvalue weighted by Gasteiger charge is 2.50. The number of fused-ring (bicyclic) bond motifs is 8. The van der Waals surface area contributed by atoms with Crippen molar-refractivity contribution in [1.82, 2.24) is 0 Å². The number of hydrogen-bond acceptors (Lipinski definition) is 6. The van der Waals surface area contributed by atoms with Crippen LogP contribution in [0.5, 0.6) is 0 Å². The summed E-state index contributed by atoms with van der Waals surface area (Å²) in [5.41, 5.74) is 21.9. The third kappa shape index (κ3) is 7.67. The smallest absolute Gasteiger partial charge is 0.268 e. The van der Waals surface area contributed by atoms with Crippen LogP contribution in [0.4, 0.5) is 73.9 Å². The highest BCUT2D eigenvalue weighted by atomic mass is 16.2. The minimum Gasteiger partial charge on any atom is -0.309 e. The molecule has 5 aliphatic rings. The van der Waals surface area contributed by atoms with E-state index in [1.165, 1.54) is 0 Å². The second kappa shape index (κ2) is 19.8. The monoisotopic (exact) mass is 1190 g/mol. The molecule has 0 aliphatic carbocycles. The number of carbonyl (C=O) groups is 2. The molecule has 0 N–H and O–H groups in total. The van der Waals surface area contributed by atoms with E-state index in [9.17, 15) is 0 Å². The summed E-state index contributed by atoms with van der Waals surface area (Å²) >= 11 is 0. The zero-order valence-electron chi connectivity index (χ0n) is 54.1. The molecule has 0 fully saturated rings. The van der Waals surface area contributed by atoms with E-state index < -0.39 is 21.7 Å². The summed E-state index contributed by atoms with van der Waals surface area (Å²) in [6, 6.07) is 81.2. The van der Waals surface area contributed by atoms with Crippen LogP contribution in [0.25, 0.3) is 10.8 Å². The standard InChI is InChI=1S/C84H75N5O2/c1-50(2)52-30-29-31-53(51(3)4)78(52)89-79(90)75-72(87-66-44-25-17-36-58(66)83(9,10)59-37-18-26-45-67(59)87)48-70(85-62-40-21-13-32-54(62)81(5,6)55-33-14-22-41-63(55)85)74-71(86-64-42-23-15-34-56(64)82(7,8)57-35-16-24-43-65(57)86)49-73(76(77(74)75)80(89)91)88-68-46-27-19-38-60(68)84(11,12)61-39-20-28-47-69(61)88/h13-51H,1-12H3. The van der Waals surface area contributed by atoms with Gasteiger partial charge in [0.1, 0.15) is 0 Å². The Kier molecular flexibility index (Phi) is 12.2. The van der Waals surface area contributed by atoms with Gasteiger partial charge in [-0.15, -0.1) is 0 Å². The van der Waals surface area contributed by atoms with Crippen LogP contribution in [0.15, 0.2) is 224 Å². The van der Waals surface area contributed by atoms with Gasteiger partial charge in [0.15, 0.2) is 0 Å². The van der Waals surface area contributed by atoms with Crippen LogP contribution in [-0.2, 0) is 21.7 Å². The normalized spacial score (nSPS) is 16.6. The van der Waals surface area contributed by atoms with Gasteiger partial charge in [0.25, 0.3) is 11.8 Å². The number of anilines is 13. The fourth-order valence-corrected chi connectivity index (χ4v) is 16.7. The molecule has 5 heterocycles. The molecule has 7 heteroatoms. The van der Waals surface area contributed by atoms with Crippen molar-refractivity contribution in [1.29, 1.82) is 0 Å². The van der Waals surface area contributed by atoms with Gasteiger partial charge in [-0.2, -0.15) is 0 Å². The molecule has 0 spiro atoms. The molecule has 0 unspecified atom stereocenters. The van der Waals surface area contributed by atoms with Crippen molar-refractivity contribution < 1.29 is 9.59 Å². The van der Waals surface area contributed by atoms with Crippen molar-refractivity contribution in [2.75, 3.05) is 24.5 Å². The molecular formula is C84H75N5O2. The summed E-state index contributed by atoms with van der Waals surface area (Å²) in [5.74, 6) is -0.831. The lowest BCUT2D eigenvalue weighted by Crippen LogP contribution is -2.44. The van der Waals surface area contributed by atoms with Gasteiger partial charge < -0.3 is 19.6 Å². The van der Waals surface area contributed by atoms with Crippen molar-refractivity contribution in [2.24, 2.45) is 0 Å². The van der Waals surface area contributed by atoms with E-state index in [1.807, 2.05) is 0 Å². The topological polar surface area (TPSA) is 50.3 Å². The first kappa shape index (κ1) is 56.3. The molecule has 91 heavy (non-hydrogen) atoms. The fraction of sp³-hybridized carbons (Fsp3) is 0.214. The SMILES string of the molecule is CC(C)c1cccc(C(C)C)c1N1C(=O)c2c(N3c4ccccc4C(C)(C)c4ccccc43)cc(N3c4ccccc4C(C)(C)c4ccccc43)c3c(N4c5ccccc5C(C)(C)c5ccccc54)cc(N4c5ccccc5C(C)(C)c5ccccc54)c(c23)C1=O. The molecule has 11 aromatic carbocycles. The molecule has 5 aliphatic heterocycles. The largest absolute Gasteiger partial charge is 0.309 e. The summed E-state index contributed by atoms with van der Waals surface area (Å²) in [5, 5.41) is 1.38. The van der Waals surface area contributed by atoms with Crippen molar-refractivity contribution in [3.63, 3.8) is 0 Å². The first-order chi connectivity index (χ1) is 43.8. The van der Waals surface area contributed by atoms with Crippen molar-refractivity contribution in [2.45, 2.75) is 117 Å². The number of hydrogen-bond donors (Lipinski definition) is 0. The Morgan fingerprint density at radius 3 is 0.703 bits per heavy atom. The van der Waals surface area contributed by atoms with E-state index in [-0.39, 0.29) is 23.7 Å². The molecule has 0 radical (unpaired) electrons. The van der Waals surface area contributed by atoms with E-state index in [4.69, 9.17) is 0 Å². The molecule has 2 amide bonds. The highest BCUT2D eigenvalue weighted by molar-refractivity contribution is 6.42. The minimum absolute atomic E-state index is 0.0439. The zero-order chi connectivity index (χ0) is 62.9. The number of imide groups is 1. The van der Waals surface area contributed by atoms with Crippen LogP contribution in [-0.4, -0.2) is 11.8 Å². The third-order valence-corrected chi connectivity index (χ3v) is 21.2. The van der Waals surface area contributed by atoms with Crippen molar-refractivity contribution in [3.8, 4) is 0 Å². The first-order valence-corrected chi connectivity index (χ1v) is 32.4. The molecule has 0 saturated carbocycles. The Hall–Kier alpha value is -9.98. The molecule has 7 nitrogen and oxygen atoms in total. The molecular weight excluding hydrogens is 1110 g/mol. The number of rotatable bonds is 7. The van der Waals surface area contributed by atoms with Crippen LogP contribution < -0.4 is 24.5 Å². The lowest BCUT2D eigenvalue weighted by molar-refractivity contribution is 0.0893. The molecule has 11 aromatic rings. The van der Waals surface area contributed by atoms with E-state index in [1.54, 1.807) is 4.90 Å². The predicted octanol–water partition coefficient (Wildman–Crippen LogP) is 22.3. The number of benzene rings is 11. The van der Waals surface area contributed by atoms with Crippen LogP contribution >= 0.6 is 0 Å². The Labute approximate surface area is 535 Å². The second-order valence-electron chi connectivity index (χ2n) is 28.3. The lowest BCUT2D eigenvalue weighted by atomic mass is 9.72. The number of nitrogens with zero attached hydrogens (tertiary/aromatic N) is 5. The van der Waals surface area contributed by atoms with Gasteiger partial charge >= 0.3 is 0 Å². The molecule has 16 rings (SSSR count). The summed E-state index contributed by atoms with van der Waals surface area (Å²) < 4.78 is 0. The average Bonchev–Trinajstić information content (AvgIpc) is 0.685. The predicted molar refractivity (Wildman–Crippen MR) is 377 cm³/mol. The molecule has 448 valence electrons. The lowest BCUT2D eigenvalue weighted by Gasteiger charge is -2.47. The first-order valence-electron chi connectivity index (χ1n) is 32.4. The van der Waals surface area contributed by atoms with Crippen LogP contribution in [0.1, 0.15) is 171 Å². The molecule has 0 bridgehead atoms. The second-order valence-corrected chi connectivity index (χ2v) is 28.3. The quantitative estimate of drug-likeness (QED) is 0.148. The fourth-order valence-electron chi connectivity index (χ4n) is 16.7. The molecule has 0 aromatic heterocycles. The highest BCUT2D eigenvalue weighted by Crippen LogP contribution is 2.64.